The first kappa shape index (κ1) is 10.7. The van der Waals surface area contributed by atoms with Gasteiger partial charge >= 0.3 is 0 Å². The lowest BCUT2D eigenvalue weighted by Crippen LogP contribution is -2.07. The molecule has 0 aliphatic rings. The average Bonchev–Trinajstić information content (AvgIpc) is 2.83. The fraction of sp³-hybridized carbons (Fsp3) is 0.455. The Labute approximate surface area is 94.9 Å². The molecule has 0 aliphatic heterocycles. The van der Waals surface area contributed by atoms with Crippen molar-refractivity contribution in [2.75, 3.05) is 5.73 Å². The van der Waals surface area contributed by atoms with E-state index in [4.69, 9.17) is 5.73 Å². The fourth-order valence-electron chi connectivity index (χ4n) is 1.92. The summed E-state index contributed by atoms with van der Waals surface area (Å²) in [5.74, 6) is 1.91. The van der Waals surface area contributed by atoms with Crippen molar-refractivity contribution in [1.29, 1.82) is 0 Å². The topological polar surface area (TPSA) is 61.7 Å². The second-order valence-corrected chi connectivity index (χ2v) is 3.73. The molecule has 5 heteroatoms. The third-order valence-corrected chi connectivity index (χ3v) is 2.73. The summed E-state index contributed by atoms with van der Waals surface area (Å²) in [5, 5.41) is 4.40. The highest BCUT2D eigenvalue weighted by atomic mass is 15.3. The number of nitrogen functional groups attached to an aromatic ring is 1. The van der Waals surface area contributed by atoms with Gasteiger partial charge < -0.3 is 5.73 Å². The van der Waals surface area contributed by atoms with Gasteiger partial charge in [-0.3, -0.25) is 4.57 Å². The molecule has 2 N–H and O–H groups in total. The SMILES string of the molecule is CCc1nn(C)c(-n2ccnc2CC)c1N. The molecule has 0 atom stereocenters. The van der Waals surface area contributed by atoms with Crippen molar-refractivity contribution in [2.24, 2.45) is 7.05 Å². The zero-order chi connectivity index (χ0) is 11.7. The predicted molar refractivity (Wildman–Crippen MR) is 63.5 cm³/mol. The number of aryl methyl sites for hydroxylation is 3. The molecule has 0 radical (unpaired) electrons. The molecule has 0 fully saturated rings. The minimum absolute atomic E-state index is 0.748. The van der Waals surface area contributed by atoms with Crippen LogP contribution in [0.15, 0.2) is 12.4 Å². The number of rotatable bonds is 3. The maximum absolute atomic E-state index is 6.10. The molecule has 2 rings (SSSR count). The van der Waals surface area contributed by atoms with Crippen molar-refractivity contribution >= 4 is 5.69 Å². The van der Waals surface area contributed by atoms with Crippen LogP contribution in [-0.4, -0.2) is 19.3 Å². The average molecular weight is 219 g/mol. The summed E-state index contributed by atoms with van der Waals surface area (Å²) in [7, 11) is 1.91. The van der Waals surface area contributed by atoms with E-state index in [-0.39, 0.29) is 0 Å². The van der Waals surface area contributed by atoms with Crippen LogP contribution in [0.4, 0.5) is 5.69 Å². The molecule has 5 nitrogen and oxygen atoms in total. The maximum Gasteiger partial charge on any atom is 0.160 e. The summed E-state index contributed by atoms with van der Waals surface area (Å²) < 4.78 is 3.82. The number of nitrogens with zero attached hydrogens (tertiary/aromatic N) is 4. The van der Waals surface area contributed by atoms with Crippen LogP contribution in [0.25, 0.3) is 5.82 Å². The minimum atomic E-state index is 0.748. The van der Waals surface area contributed by atoms with E-state index in [1.807, 2.05) is 22.5 Å². The molecule has 0 saturated carbocycles. The Balaban J connectivity index is 2.60. The van der Waals surface area contributed by atoms with Crippen LogP contribution < -0.4 is 5.73 Å². The van der Waals surface area contributed by atoms with Crippen molar-refractivity contribution in [3.8, 4) is 5.82 Å². The maximum atomic E-state index is 6.10. The molecule has 86 valence electrons. The number of hydrogen-bond acceptors (Lipinski definition) is 3. The Kier molecular flexibility index (Phi) is 2.68. The zero-order valence-electron chi connectivity index (χ0n) is 9.94. The van der Waals surface area contributed by atoms with Gasteiger partial charge in [0, 0.05) is 25.9 Å². The highest BCUT2D eigenvalue weighted by molar-refractivity contribution is 5.58. The van der Waals surface area contributed by atoms with E-state index >= 15 is 0 Å². The van der Waals surface area contributed by atoms with Crippen LogP contribution in [0.2, 0.25) is 0 Å². The fourth-order valence-corrected chi connectivity index (χ4v) is 1.92. The van der Waals surface area contributed by atoms with E-state index in [2.05, 4.69) is 23.9 Å². The first-order valence-electron chi connectivity index (χ1n) is 5.52. The summed E-state index contributed by atoms with van der Waals surface area (Å²) in [6.45, 7) is 4.13. The van der Waals surface area contributed by atoms with Gasteiger partial charge in [-0.15, -0.1) is 0 Å². The number of anilines is 1. The predicted octanol–water partition coefficient (Wildman–Crippen LogP) is 1.31. The molecular formula is C11H17N5. The smallest absolute Gasteiger partial charge is 0.160 e. The molecule has 2 heterocycles. The number of imidazole rings is 1. The second-order valence-electron chi connectivity index (χ2n) is 3.73. The first-order valence-corrected chi connectivity index (χ1v) is 5.52. The third-order valence-electron chi connectivity index (χ3n) is 2.73. The van der Waals surface area contributed by atoms with E-state index in [1.54, 1.807) is 6.20 Å². The Bertz CT molecular complexity index is 494. The Morgan fingerprint density at radius 3 is 2.62 bits per heavy atom. The molecule has 0 amide bonds. The molecule has 0 saturated heterocycles. The summed E-state index contributed by atoms with van der Waals surface area (Å²) in [5.41, 5.74) is 7.78. The largest absolute Gasteiger partial charge is 0.394 e. The van der Waals surface area contributed by atoms with Crippen molar-refractivity contribution in [3.05, 3.63) is 23.9 Å². The number of aromatic nitrogens is 4. The summed E-state index contributed by atoms with van der Waals surface area (Å²) >= 11 is 0. The Morgan fingerprint density at radius 2 is 2.06 bits per heavy atom. The van der Waals surface area contributed by atoms with E-state index in [0.717, 1.165) is 35.9 Å². The van der Waals surface area contributed by atoms with Gasteiger partial charge in [0.1, 0.15) is 5.82 Å². The van der Waals surface area contributed by atoms with Crippen LogP contribution in [0.1, 0.15) is 25.4 Å². The van der Waals surface area contributed by atoms with Gasteiger partial charge in [0.2, 0.25) is 0 Å². The molecule has 0 spiro atoms. The lowest BCUT2D eigenvalue weighted by atomic mass is 10.3. The lowest BCUT2D eigenvalue weighted by molar-refractivity contribution is 0.704. The molecule has 0 bridgehead atoms. The highest BCUT2D eigenvalue weighted by Crippen LogP contribution is 2.22. The van der Waals surface area contributed by atoms with E-state index in [0.29, 0.717) is 0 Å². The van der Waals surface area contributed by atoms with Gasteiger partial charge in [0.15, 0.2) is 5.82 Å². The molecule has 2 aromatic rings. The lowest BCUT2D eigenvalue weighted by Gasteiger charge is -2.07. The summed E-state index contributed by atoms with van der Waals surface area (Å²) in [4.78, 5) is 4.29. The van der Waals surface area contributed by atoms with E-state index in [1.165, 1.54) is 0 Å². The van der Waals surface area contributed by atoms with Gasteiger partial charge in [-0.1, -0.05) is 13.8 Å². The first-order chi connectivity index (χ1) is 7.69. The molecule has 0 aliphatic carbocycles. The quantitative estimate of drug-likeness (QED) is 0.846. The standard InChI is InChI=1S/C11H17N5/c1-4-8-10(12)11(15(3)14-8)16-7-6-13-9(16)5-2/h6-7H,4-5,12H2,1-3H3. The van der Waals surface area contributed by atoms with Crippen molar-refractivity contribution in [2.45, 2.75) is 26.7 Å². The molecule has 16 heavy (non-hydrogen) atoms. The summed E-state index contributed by atoms with van der Waals surface area (Å²) in [6, 6.07) is 0. The monoisotopic (exact) mass is 219 g/mol. The molecule has 2 aromatic heterocycles. The minimum Gasteiger partial charge on any atom is -0.394 e. The van der Waals surface area contributed by atoms with Gasteiger partial charge in [0.05, 0.1) is 11.4 Å². The van der Waals surface area contributed by atoms with Crippen LogP contribution >= 0.6 is 0 Å². The highest BCUT2D eigenvalue weighted by Gasteiger charge is 2.15. The molecular weight excluding hydrogens is 202 g/mol. The van der Waals surface area contributed by atoms with Crippen molar-refractivity contribution < 1.29 is 0 Å². The normalized spacial score (nSPS) is 10.9. The molecule has 0 unspecified atom stereocenters. The Hall–Kier alpha value is -1.78. The van der Waals surface area contributed by atoms with Crippen LogP contribution in [0.5, 0.6) is 0 Å². The Morgan fingerprint density at radius 1 is 1.31 bits per heavy atom. The number of nitrogens with two attached hydrogens (primary N) is 1. The van der Waals surface area contributed by atoms with Crippen LogP contribution in [0.3, 0.4) is 0 Å². The van der Waals surface area contributed by atoms with Gasteiger partial charge in [-0.05, 0) is 6.42 Å². The van der Waals surface area contributed by atoms with Crippen LogP contribution in [0, 0.1) is 0 Å². The van der Waals surface area contributed by atoms with Crippen molar-refractivity contribution in [1.82, 2.24) is 19.3 Å². The van der Waals surface area contributed by atoms with Gasteiger partial charge in [0.25, 0.3) is 0 Å². The van der Waals surface area contributed by atoms with Crippen molar-refractivity contribution in [3.63, 3.8) is 0 Å². The van der Waals surface area contributed by atoms with E-state index in [9.17, 15) is 0 Å². The van der Waals surface area contributed by atoms with Gasteiger partial charge in [-0.25, -0.2) is 9.67 Å². The second kappa shape index (κ2) is 4.00. The summed E-state index contributed by atoms with van der Waals surface area (Å²) in [6.07, 6.45) is 5.43. The third kappa shape index (κ3) is 1.48. The van der Waals surface area contributed by atoms with E-state index < -0.39 is 0 Å². The zero-order valence-corrected chi connectivity index (χ0v) is 9.94. The van der Waals surface area contributed by atoms with Gasteiger partial charge in [-0.2, -0.15) is 5.10 Å². The molecule has 0 aromatic carbocycles. The number of hydrogen-bond donors (Lipinski definition) is 1. The van der Waals surface area contributed by atoms with Crippen LogP contribution in [-0.2, 0) is 19.9 Å².